The Hall–Kier alpha value is -0.580. The molecule has 3 heteroatoms. The summed E-state index contributed by atoms with van der Waals surface area (Å²) < 4.78 is -0.00309. The average molecular weight is 375 g/mol. The molecular weight excluding hydrogens is 349 g/mol. The van der Waals surface area contributed by atoms with Crippen LogP contribution in [0.5, 0.6) is 0 Å². The second-order valence-corrected chi connectivity index (χ2v) is 6.09. The van der Waals surface area contributed by atoms with E-state index in [0.717, 1.165) is 25.7 Å². The molecule has 0 heterocycles. The molecule has 1 N–H and O–H groups in total. The van der Waals surface area contributed by atoms with Crippen LogP contribution in [-0.2, 0) is 0 Å². The van der Waals surface area contributed by atoms with Crippen molar-refractivity contribution in [2.75, 3.05) is 6.54 Å². The SMILES string of the molecule is CC(C)=CCC/C(C)=C/CC/C(C)=C/CNC(=O)I. The second kappa shape index (κ2) is 11.3. The lowest BCUT2D eigenvalue weighted by atomic mass is 10.1. The maximum absolute atomic E-state index is 10.7. The van der Waals surface area contributed by atoms with Crippen LogP contribution in [0, 0.1) is 0 Å². The van der Waals surface area contributed by atoms with E-state index in [1.165, 1.54) is 16.7 Å². The molecular formula is C16H26INO. The Bertz CT molecular complexity index is 363. The van der Waals surface area contributed by atoms with Crippen LogP contribution in [0.1, 0.15) is 53.4 Å². The highest BCUT2D eigenvalue weighted by Crippen LogP contribution is 2.11. The van der Waals surface area contributed by atoms with Crippen molar-refractivity contribution >= 4 is 26.5 Å². The van der Waals surface area contributed by atoms with Gasteiger partial charge in [0.15, 0.2) is 0 Å². The number of hydrogen-bond donors (Lipinski definition) is 1. The third-order valence-corrected chi connectivity index (χ3v) is 3.20. The molecule has 0 atom stereocenters. The van der Waals surface area contributed by atoms with Crippen molar-refractivity contribution in [1.82, 2.24) is 5.32 Å². The Balaban J connectivity index is 3.86. The first-order chi connectivity index (χ1) is 8.91. The van der Waals surface area contributed by atoms with Crippen LogP contribution in [0.25, 0.3) is 0 Å². The summed E-state index contributed by atoms with van der Waals surface area (Å²) in [6, 6.07) is 0. The topological polar surface area (TPSA) is 29.1 Å². The largest absolute Gasteiger partial charge is 0.344 e. The van der Waals surface area contributed by atoms with Crippen LogP contribution >= 0.6 is 22.6 Å². The van der Waals surface area contributed by atoms with E-state index in [9.17, 15) is 4.79 Å². The van der Waals surface area contributed by atoms with E-state index in [2.05, 4.69) is 51.2 Å². The van der Waals surface area contributed by atoms with Gasteiger partial charge >= 0.3 is 0 Å². The Morgan fingerprint density at radius 3 is 2.00 bits per heavy atom. The van der Waals surface area contributed by atoms with E-state index in [1.54, 1.807) is 22.6 Å². The van der Waals surface area contributed by atoms with Crippen LogP contribution in [0.2, 0.25) is 0 Å². The van der Waals surface area contributed by atoms with E-state index in [0.29, 0.717) is 6.54 Å². The third kappa shape index (κ3) is 13.6. The Morgan fingerprint density at radius 2 is 1.47 bits per heavy atom. The second-order valence-electron chi connectivity index (χ2n) is 5.11. The lowest BCUT2D eigenvalue weighted by Crippen LogP contribution is -2.15. The normalized spacial score (nSPS) is 12.3. The first-order valence-corrected chi connectivity index (χ1v) is 7.87. The van der Waals surface area contributed by atoms with Gasteiger partial charge in [-0.3, -0.25) is 4.79 Å². The van der Waals surface area contributed by atoms with E-state index < -0.39 is 0 Å². The smallest absolute Gasteiger partial charge is 0.280 e. The van der Waals surface area contributed by atoms with Crippen molar-refractivity contribution in [3.8, 4) is 0 Å². The van der Waals surface area contributed by atoms with E-state index in [1.807, 2.05) is 0 Å². The van der Waals surface area contributed by atoms with Crippen molar-refractivity contribution < 1.29 is 4.79 Å². The first kappa shape index (κ1) is 18.4. The predicted molar refractivity (Wildman–Crippen MR) is 92.8 cm³/mol. The molecule has 0 bridgehead atoms. The van der Waals surface area contributed by atoms with Crippen molar-refractivity contribution in [3.05, 3.63) is 34.9 Å². The summed E-state index contributed by atoms with van der Waals surface area (Å²) in [5.74, 6) is 0. The zero-order valence-corrected chi connectivity index (χ0v) is 14.7. The van der Waals surface area contributed by atoms with Gasteiger partial charge in [0.25, 0.3) is 3.91 Å². The summed E-state index contributed by atoms with van der Waals surface area (Å²) in [5, 5.41) is 2.76. The lowest BCUT2D eigenvalue weighted by molar-refractivity contribution is 0.264. The van der Waals surface area contributed by atoms with Gasteiger partial charge in [-0.15, -0.1) is 0 Å². The van der Waals surface area contributed by atoms with E-state index in [4.69, 9.17) is 0 Å². The number of carbonyl (C=O) groups excluding carboxylic acids is 1. The van der Waals surface area contributed by atoms with Gasteiger partial charge < -0.3 is 5.32 Å². The van der Waals surface area contributed by atoms with Crippen LogP contribution in [0.4, 0.5) is 4.79 Å². The molecule has 0 aliphatic heterocycles. The highest BCUT2D eigenvalue weighted by atomic mass is 127. The molecule has 0 saturated heterocycles. The zero-order valence-electron chi connectivity index (χ0n) is 12.6. The number of rotatable bonds is 8. The van der Waals surface area contributed by atoms with Gasteiger partial charge in [0.05, 0.1) is 0 Å². The number of carbonyl (C=O) groups is 1. The Morgan fingerprint density at radius 1 is 0.947 bits per heavy atom. The molecule has 0 saturated carbocycles. The molecule has 0 unspecified atom stereocenters. The average Bonchev–Trinajstić information content (AvgIpc) is 2.27. The van der Waals surface area contributed by atoms with Crippen molar-refractivity contribution in [2.24, 2.45) is 0 Å². The van der Waals surface area contributed by atoms with Gasteiger partial charge in [0.1, 0.15) is 0 Å². The summed E-state index contributed by atoms with van der Waals surface area (Å²) in [5.41, 5.74) is 4.19. The summed E-state index contributed by atoms with van der Waals surface area (Å²) in [6.07, 6.45) is 11.1. The molecule has 0 aliphatic rings. The van der Waals surface area contributed by atoms with Crippen molar-refractivity contribution in [1.29, 1.82) is 0 Å². The molecule has 0 spiro atoms. The molecule has 1 amide bonds. The summed E-state index contributed by atoms with van der Waals surface area (Å²) in [6.45, 7) is 9.24. The van der Waals surface area contributed by atoms with E-state index in [-0.39, 0.29) is 3.91 Å². The molecule has 0 aromatic carbocycles. The minimum absolute atomic E-state index is 0.00309. The number of nitrogens with one attached hydrogen (secondary N) is 1. The van der Waals surface area contributed by atoms with Crippen LogP contribution in [0.15, 0.2) is 34.9 Å². The maximum atomic E-state index is 10.7. The third-order valence-electron chi connectivity index (χ3n) is 2.81. The summed E-state index contributed by atoms with van der Waals surface area (Å²) in [7, 11) is 0. The molecule has 19 heavy (non-hydrogen) atoms. The van der Waals surface area contributed by atoms with E-state index >= 15 is 0 Å². The molecule has 0 radical (unpaired) electrons. The number of halogens is 1. The highest BCUT2D eigenvalue weighted by Gasteiger charge is 1.93. The standard InChI is InChI=1S/C16H26INO/c1-13(2)7-5-8-14(3)9-6-10-15(4)11-12-18-16(17)19/h7,9,11H,5-6,8,10,12H2,1-4H3,(H,18,19)/b14-9+,15-11+. The van der Waals surface area contributed by atoms with Gasteiger partial charge in [-0.1, -0.05) is 34.9 Å². The van der Waals surface area contributed by atoms with Crippen molar-refractivity contribution in [3.63, 3.8) is 0 Å². The van der Waals surface area contributed by atoms with Gasteiger partial charge in [-0.25, -0.2) is 0 Å². The van der Waals surface area contributed by atoms with Gasteiger partial charge in [0, 0.05) is 29.1 Å². The van der Waals surface area contributed by atoms with Crippen molar-refractivity contribution in [2.45, 2.75) is 53.4 Å². The quantitative estimate of drug-likeness (QED) is 0.256. The highest BCUT2D eigenvalue weighted by molar-refractivity contribution is 14.1. The first-order valence-electron chi connectivity index (χ1n) is 6.79. The van der Waals surface area contributed by atoms with Gasteiger partial charge in [-0.05, 0) is 53.4 Å². The predicted octanol–water partition coefficient (Wildman–Crippen LogP) is 5.55. The Labute approximate surface area is 131 Å². The minimum atomic E-state index is -0.00309. The summed E-state index contributed by atoms with van der Waals surface area (Å²) in [4.78, 5) is 10.7. The Kier molecular flexibility index (Phi) is 10.9. The fraction of sp³-hybridized carbons (Fsp3) is 0.562. The zero-order chi connectivity index (χ0) is 14.7. The monoisotopic (exact) mass is 375 g/mol. The molecule has 0 aromatic heterocycles. The maximum Gasteiger partial charge on any atom is 0.280 e. The van der Waals surface area contributed by atoms with Crippen LogP contribution in [-0.4, -0.2) is 10.5 Å². The molecule has 0 fully saturated rings. The fourth-order valence-electron chi connectivity index (χ4n) is 1.64. The number of amides is 1. The van der Waals surface area contributed by atoms with Gasteiger partial charge in [0.2, 0.25) is 0 Å². The molecule has 0 aromatic rings. The lowest BCUT2D eigenvalue weighted by Gasteiger charge is -2.02. The van der Waals surface area contributed by atoms with Crippen LogP contribution in [0.3, 0.4) is 0 Å². The fourth-order valence-corrected chi connectivity index (χ4v) is 1.86. The van der Waals surface area contributed by atoms with Gasteiger partial charge in [-0.2, -0.15) is 0 Å². The number of allylic oxidation sites excluding steroid dienone is 5. The number of hydrogen-bond acceptors (Lipinski definition) is 1. The molecule has 0 rings (SSSR count). The summed E-state index contributed by atoms with van der Waals surface area (Å²) >= 11 is 1.75. The van der Waals surface area contributed by atoms with Crippen LogP contribution < -0.4 is 5.32 Å². The molecule has 2 nitrogen and oxygen atoms in total. The molecule has 0 aliphatic carbocycles. The molecule has 108 valence electrons. The minimum Gasteiger partial charge on any atom is -0.344 e.